The van der Waals surface area contributed by atoms with E-state index in [1.807, 2.05) is 43.3 Å². The Kier molecular flexibility index (Phi) is 5.81. The molecule has 4 nitrogen and oxygen atoms in total. The highest BCUT2D eigenvalue weighted by molar-refractivity contribution is 7.21. The Labute approximate surface area is 165 Å². The fourth-order valence-corrected chi connectivity index (χ4v) is 4.09. The molecule has 1 aromatic heterocycles. The zero-order valence-corrected chi connectivity index (χ0v) is 16.2. The van der Waals surface area contributed by atoms with Crippen LogP contribution in [0.15, 0.2) is 48.5 Å². The summed E-state index contributed by atoms with van der Waals surface area (Å²) in [5.74, 6) is -0.636. The highest BCUT2D eigenvalue weighted by Crippen LogP contribution is 2.34. The molecule has 2 amide bonds. The van der Waals surface area contributed by atoms with E-state index in [9.17, 15) is 9.59 Å². The van der Waals surface area contributed by atoms with Crippen LogP contribution in [0.4, 0.5) is 0 Å². The molecular formula is C19H16Cl2N2O2S. The highest BCUT2D eigenvalue weighted by atomic mass is 35.5. The van der Waals surface area contributed by atoms with Crippen LogP contribution in [0.25, 0.3) is 10.1 Å². The number of thiophene rings is 1. The molecule has 1 atom stereocenters. The summed E-state index contributed by atoms with van der Waals surface area (Å²) in [5.41, 5.74) is 0.932. The number of carbonyl (C=O) groups excluding carboxylic acids is 2. The van der Waals surface area contributed by atoms with Crippen LogP contribution in [-0.2, 0) is 4.79 Å². The number of amides is 2. The van der Waals surface area contributed by atoms with E-state index in [4.69, 9.17) is 23.2 Å². The largest absolute Gasteiger partial charge is 0.348 e. The summed E-state index contributed by atoms with van der Waals surface area (Å²) in [6, 6.07) is 14.6. The lowest BCUT2D eigenvalue weighted by Crippen LogP contribution is -2.37. The highest BCUT2D eigenvalue weighted by Gasteiger charge is 2.18. The number of nitrogens with one attached hydrogen (secondary N) is 2. The Balaban J connectivity index is 1.59. The maximum Gasteiger partial charge on any atom is 0.263 e. The fourth-order valence-electron chi connectivity index (χ4n) is 2.53. The first kappa shape index (κ1) is 18.7. The first-order valence-electron chi connectivity index (χ1n) is 7.95. The second kappa shape index (κ2) is 8.08. The zero-order chi connectivity index (χ0) is 18.7. The summed E-state index contributed by atoms with van der Waals surface area (Å²) in [6.45, 7) is 1.74. The monoisotopic (exact) mass is 406 g/mol. The third-order valence-corrected chi connectivity index (χ3v) is 5.82. The topological polar surface area (TPSA) is 58.2 Å². The van der Waals surface area contributed by atoms with Crippen LogP contribution < -0.4 is 10.6 Å². The number of hydrogen-bond donors (Lipinski definition) is 2. The van der Waals surface area contributed by atoms with E-state index >= 15 is 0 Å². The van der Waals surface area contributed by atoms with Gasteiger partial charge in [-0.05, 0) is 30.7 Å². The van der Waals surface area contributed by atoms with Gasteiger partial charge in [0, 0.05) is 15.1 Å². The average Bonchev–Trinajstić information content (AvgIpc) is 2.97. The molecule has 0 aliphatic heterocycles. The molecule has 7 heteroatoms. The lowest BCUT2D eigenvalue weighted by molar-refractivity contribution is -0.120. The molecule has 0 saturated heterocycles. The van der Waals surface area contributed by atoms with Gasteiger partial charge < -0.3 is 10.6 Å². The Bertz CT molecular complexity index is 954. The second-order valence-electron chi connectivity index (χ2n) is 5.76. The predicted octanol–water partition coefficient (Wildman–Crippen LogP) is 4.82. The van der Waals surface area contributed by atoms with Gasteiger partial charge in [-0.15, -0.1) is 11.3 Å². The van der Waals surface area contributed by atoms with Crippen molar-refractivity contribution < 1.29 is 9.59 Å². The van der Waals surface area contributed by atoms with Crippen molar-refractivity contribution in [2.24, 2.45) is 0 Å². The Morgan fingerprint density at radius 2 is 1.77 bits per heavy atom. The van der Waals surface area contributed by atoms with E-state index in [-0.39, 0.29) is 24.4 Å². The summed E-state index contributed by atoms with van der Waals surface area (Å²) in [7, 11) is 0. The van der Waals surface area contributed by atoms with Crippen molar-refractivity contribution in [2.45, 2.75) is 13.0 Å². The fraction of sp³-hybridized carbons (Fsp3) is 0.158. The maximum absolute atomic E-state index is 12.4. The standard InChI is InChI=1S/C19H16Cl2N2O2S/c1-11(12-6-8-13(20)9-7-12)23-16(24)10-22-19(25)18-17(21)14-4-2-3-5-15(14)26-18/h2-9,11H,10H2,1H3,(H,22,25)(H,23,24)/t11-/m0/s1. The van der Waals surface area contributed by atoms with Gasteiger partial charge in [-0.25, -0.2) is 0 Å². The van der Waals surface area contributed by atoms with Crippen molar-refractivity contribution in [3.8, 4) is 0 Å². The van der Waals surface area contributed by atoms with Crippen molar-refractivity contribution in [1.29, 1.82) is 0 Å². The van der Waals surface area contributed by atoms with Gasteiger partial charge in [0.1, 0.15) is 4.88 Å². The molecule has 2 aromatic carbocycles. The Morgan fingerprint density at radius 1 is 1.08 bits per heavy atom. The van der Waals surface area contributed by atoms with Crippen LogP contribution in [0.2, 0.25) is 10.0 Å². The molecule has 0 radical (unpaired) electrons. The summed E-state index contributed by atoms with van der Waals surface area (Å²) in [4.78, 5) is 24.9. The number of halogens is 2. The minimum atomic E-state index is -0.356. The minimum absolute atomic E-state index is 0.124. The van der Waals surface area contributed by atoms with Crippen molar-refractivity contribution in [3.05, 3.63) is 69.0 Å². The van der Waals surface area contributed by atoms with Gasteiger partial charge in [-0.1, -0.05) is 53.5 Å². The van der Waals surface area contributed by atoms with Gasteiger partial charge in [0.25, 0.3) is 5.91 Å². The van der Waals surface area contributed by atoms with Gasteiger partial charge in [0.05, 0.1) is 17.6 Å². The van der Waals surface area contributed by atoms with Crippen LogP contribution in [0.5, 0.6) is 0 Å². The van der Waals surface area contributed by atoms with Crippen molar-refractivity contribution in [2.75, 3.05) is 6.54 Å². The van der Waals surface area contributed by atoms with Gasteiger partial charge >= 0.3 is 0 Å². The number of hydrogen-bond acceptors (Lipinski definition) is 3. The molecule has 0 bridgehead atoms. The van der Waals surface area contributed by atoms with Crippen molar-refractivity contribution in [1.82, 2.24) is 10.6 Å². The zero-order valence-electron chi connectivity index (χ0n) is 13.9. The molecule has 0 aliphatic carbocycles. The van der Waals surface area contributed by atoms with E-state index in [2.05, 4.69) is 10.6 Å². The molecule has 1 heterocycles. The lowest BCUT2D eigenvalue weighted by Gasteiger charge is -2.14. The predicted molar refractivity (Wildman–Crippen MR) is 107 cm³/mol. The van der Waals surface area contributed by atoms with E-state index < -0.39 is 0 Å². The second-order valence-corrected chi connectivity index (χ2v) is 7.63. The molecule has 26 heavy (non-hydrogen) atoms. The normalized spacial score (nSPS) is 12.0. The summed E-state index contributed by atoms with van der Waals surface area (Å²) in [5, 5.41) is 7.35. The summed E-state index contributed by atoms with van der Waals surface area (Å²) < 4.78 is 0.934. The van der Waals surface area contributed by atoms with Gasteiger partial charge in [-0.2, -0.15) is 0 Å². The SMILES string of the molecule is C[C@H](NC(=O)CNC(=O)c1sc2ccccc2c1Cl)c1ccc(Cl)cc1. The number of fused-ring (bicyclic) bond motifs is 1. The molecule has 0 saturated carbocycles. The molecule has 0 aliphatic rings. The summed E-state index contributed by atoms with van der Waals surface area (Å²) >= 11 is 13.5. The van der Waals surface area contributed by atoms with Crippen LogP contribution in [0.3, 0.4) is 0 Å². The van der Waals surface area contributed by atoms with Gasteiger partial charge in [-0.3, -0.25) is 9.59 Å². The number of carbonyl (C=O) groups is 2. The number of benzene rings is 2. The molecule has 0 fully saturated rings. The van der Waals surface area contributed by atoms with E-state index in [0.717, 1.165) is 15.6 Å². The number of rotatable bonds is 5. The summed E-state index contributed by atoms with van der Waals surface area (Å²) in [6.07, 6.45) is 0. The van der Waals surface area contributed by atoms with E-state index in [0.29, 0.717) is 14.9 Å². The third-order valence-electron chi connectivity index (χ3n) is 3.90. The van der Waals surface area contributed by atoms with Gasteiger partial charge in [0.15, 0.2) is 0 Å². The first-order valence-corrected chi connectivity index (χ1v) is 9.53. The first-order chi connectivity index (χ1) is 12.5. The lowest BCUT2D eigenvalue weighted by atomic mass is 10.1. The van der Waals surface area contributed by atoms with Crippen LogP contribution in [0, 0.1) is 0 Å². The molecular weight excluding hydrogens is 391 g/mol. The maximum atomic E-state index is 12.4. The minimum Gasteiger partial charge on any atom is -0.348 e. The Morgan fingerprint density at radius 3 is 2.46 bits per heavy atom. The molecule has 3 aromatic rings. The van der Waals surface area contributed by atoms with E-state index in [1.165, 1.54) is 11.3 Å². The van der Waals surface area contributed by atoms with Crippen LogP contribution in [0.1, 0.15) is 28.2 Å². The molecule has 3 rings (SSSR count). The third kappa shape index (κ3) is 4.18. The van der Waals surface area contributed by atoms with Crippen molar-refractivity contribution in [3.63, 3.8) is 0 Å². The van der Waals surface area contributed by atoms with Crippen LogP contribution in [-0.4, -0.2) is 18.4 Å². The van der Waals surface area contributed by atoms with E-state index in [1.54, 1.807) is 12.1 Å². The Hall–Kier alpha value is -2.08. The quantitative estimate of drug-likeness (QED) is 0.638. The van der Waals surface area contributed by atoms with Crippen LogP contribution >= 0.6 is 34.5 Å². The smallest absolute Gasteiger partial charge is 0.263 e. The molecule has 0 unspecified atom stereocenters. The molecule has 134 valence electrons. The van der Waals surface area contributed by atoms with Gasteiger partial charge in [0.2, 0.25) is 5.91 Å². The average molecular weight is 407 g/mol. The molecule has 0 spiro atoms. The van der Waals surface area contributed by atoms with Crippen molar-refractivity contribution >= 4 is 56.4 Å². The molecule has 2 N–H and O–H groups in total.